The van der Waals surface area contributed by atoms with Gasteiger partial charge < -0.3 is 14.6 Å². The van der Waals surface area contributed by atoms with E-state index in [2.05, 4.69) is 5.32 Å². The Morgan fingerprint density at radius 2 is 2.13 bits per heavy atom. The van der Waals surface area contributed by atoms with E-state index in [4.69, 9.17) is 9.47 Å². The van der Waals surface area contributed by atoms with Crippen LogP contribution in [0.25, 0.3) is 0 Å². The van der Waals surface area contributed by atoms with E-state index in [1.807, 2.05) is 44.2 Å². The zero-order valence-electron chi connectivity index (χ0n) is 17.4. The van der Waals surface area contributed by atoms with Gasteiger partial charge in [0.15, 0.2) is 0 Å². The van der Waals surface area contributed by atoms with Gasteiger partial charge in [0.2, 0.25) is 5.91 Å². The molecule has 0 radical (unpaired) electrons. The first-order valence-corrected chi connectivity index (χ1v) is 11.3. The number of β-lactam (4-membered cyclic amide) rings is 1. The third-order valence-corrected chi connectivity index (χ3v) is 7.17. The SMILES string of the molecule is CC(C)=CCOC(=O)[C@]12OC(=O)C[C@H]1CS[C@@H]1[C@H](NC(O)Cc3ccccc3)C(=O)N12. The van der Waals surface area contributed by atoms with E-state index >= 15 is 0 Å². The first-order chi connectivity index (χ1) is 14.8. The van der Waals surface area contributed by atoms with Crippen LogP contribution in [0, 0.1) is 5.92 Å². The third-order valence-electron chi connectivity index (χ3n) is 5.75. The Hall–Kier alpha value is -2.36. The summed E-state index contributed by atoms with van der Waals surface area (Å²) >= 11 is 1.48. The standard InChI is InChI=1S/C22H26N2O6S/c1-13(2)8-9-29-21(28)22-15(11-17(26)30-22)12-31-20-18(19(27)24(20)22)23-16(25)10-14-6-4-3-5-7-14/h3-8,15-16,18,20,23,25H,9-12H2,1-2H3/t15-,16?,18+,20+,22+/m0/s1. The number of thioether (sulfide) groups is 1. The van der Waals surface area contributed by atoms with Crippen LogP contribution >= 0.6 is 11.8 Å². The molecule has 0 bridgehead atoms. The number of hydrogen-bond donors (Lipinski definition) is 2. The van der Waals surface area contributed by atoms with Gasteiger partial charge in [0, 0.05) is 18.1 Å². The molecule has 0 aliphatic carbocycles. The summed E-state index contributed by atoms with van der Waals surface area (Å²) in [7, 11) is 0. The lowest BCUT2D eigenvalue weighted by Gasteiger charge is -2.57. The number of nitrogens with one attached hydrogen (secondary N) is 1. The van der Waals surface area contributed by atoms with E-state index in [0.717, 1.165) is 11.1 Å². The predicted octanol–water partition coefficient (Wildman–Crippen LogP) is 1.19. The number of nitrogens with zero attached hydrogens (tertiary/aromatic N) is 1. The molecule has 0 spiro atoms. The minimum atomic E-state index is -1.72. The van der Waals surface area contributed by atoms with E-state index in [9.17, 15) is 19.5 Å². The zero-order chi connectivity index (χ0) is 22.2. The van der Waals surface area contributed by atoms with Gasteiger partial charge in [0.05, 0.1) is 6.42 Å². The number of benzene rings is 1. The Bertz CT molecular complexity index is 903. The van der Waals surface area contributed by atoms with Gasteiger partial charge >= 0.3 is 11.9 Å². The van der Waals surface area contributed by atoms with E-state index < -0.39 is 41.2 Å². The van der Waals surface area contributed by atoms with Crippen LogP contribution in [0.5, 0.6) is 0 Å². The van der Waals surface area contributed by atoms with Gasteiger partial charge in [-0.25, -0.2) is 4.79 Å². The Kier molecular flexibility index (Phi) is 6.09. The normalized spacial score (nSPS) is 29.9. The van der Waals surface area contributed by atoms with Crippen LogP contribution in [0.1, 0.15) is 25.8 Å². The number of aliphatic hydroxyl groups is 1. The van der Waals surface area contributed by atoms with Crippen LogP contribution < -0.4 is 5.32 Å². The smallest absolute Gasteiger partial charge is 0.373 e. The number of aliphatic hydroxyl groups excluding tert-OH is 1. The van der Waals surface area contributed by atoms with Crippen molar-refractivity contribution in [3.63, 3.8) is 0 Å². The molecule has 4 rings (SSSR count). The molecule has 2 N–H and O–H groups in total. The quantitative estimate of drug-likeness (QED) is 0.279. The summed E-state index contributed by atoms with van der Waals surface area (Å²) in [5.74, 6) is -1.60. The van der Waals surface area contributed by atoms with Crippen LogP contribution in [0.4, 0.5) is 0 Å². The third kappa shape index (κ3) is 3.97. The first-order valence-electron chi connectivity index (χ1n) is 10.3. The molecule has 3 saturated heterocycles. The minimum absolute atomic E-state index is 0.0461. The van der Waals surface area contributed by atoms with E-state index in [1.54, 1.807) is 6.08 Å². The maximum absolute atomic E-state index is 13.1. The van der Waals surface area contributed by atoms with Crippen molar-refractivity contribution in [2.45, 2.75) is 50.1 Å². The van der Waals surface area contributed by atoms with Crippen LogP contribution in [-0.2, 0) is 30.3 Å². The first kappa shape index (κ1) is 21.9. The summed E-state index contributed by atoms with van der Waals surface area (Å²) in [6.07, 6.45) is 1.23. The fourth-order valence-corrected chi connectivity index (χ4v) is 5.78. The fraction of sp³-hybridized carbons (Fsp3) is 0.500. The number of carbonyl (C=O) groups is 3. The summed E-state index contributed by atoms with van der Waals surface area (Å²) in [4.78, 5) is 39.5. The molecule has 1 unspecified atom stereocenters. The van der Waals surface area contributed by atoms with E-state index in [1.165, 1.54) is 16.7 Å². The lowest BCUT2D eigenvalue weighted by Crippen LogP contribution is -2.80. The summed E-state index contributed by atoms with van der Waals surface area (Å²) in [6.45, 7) is 3.81. The van der Waals surface area contributed by atoms with Crippen molar-refractivity contribution in [2.24, 2.45) is 5.92 Å². The molecule has 8 nitrogen and oxygen atoms in total. The van der Waals surface area contributed by atoms with Gasteiger partial charge in [0.1, 0.15) is 24.3 Å². The molecule has 3 heterocycles. The maximum atomic E-state index is 13.1. The highest BCUT2D eigenvalue weighted by molar-refractivity contribution is 8.00. The number of fused-ring (bicyclic) bond motifs is 3. The van der Waals surface area contributed by atoms with Crippen molar-refractivity contribution in [1.29, 1.82) is 0 Å². The molecule has 31 heavy (non-hydrogen) atoms. The highest BCUT2D eigenvalue weighted by atomic mass is 32.2. The number of hydrogen-bond acceptors (Lipinski definition) is 8. The highest BCUT2D eigenvalue weighted by Crippen LogP contribution is 2.51. The lowest BCUT2D eigenvalue weighted by molar-refractivity contribution is -0.219. The topological polar surface area (TPSA) is 105 Å². The second kappa shape index (κ2) is 8.64. The molecular formula is C22H26N2O6S. The minimum Gasteiger partial charge on any atom is -0.457 e. The molecule has 0 aromatic heterocycles. The van der Waals surface area contributed by atoms with E-state index in [0.29, 0.717) is 12.2 Å². The molecule has 3 aliphatic heterocycles. The molecule has 166 valence electrons. The Morgan fingerprint density at radius 3 is 2.84 bits per heavy atom. The second-order valence-electron chi connectivity index (χ2n) is 8.23. The Labute approximate surface area is 185 Å². The summed E-state index contributed by atoms with van der Waals surface area (Å²) in [5.41, 5.74) is 0.202. The summed E-state index contributed by atoms with van der Waals surface area (Å²) in [5, 5.41) is 13.0. The molecule has 3 aliphatic rings. The summed E-state index contributed by atoms with van der Waals surface area (Å²) < 4.78 is 10.9. The fourth-order valence-electron chi connectivity index (χ4n) is 4.21. The van der Waals surface area contributed by atoms with Gasteiger partial charge in [-0.15, -0.1) is 11.8 Å². The van der Waals surface area contributed by atoms with Gasteiger partial charge in [-0.05, 0) is 25.5 Å². The number of amides is 1. The molecule has 1 amide bonds. The Morgan fingerprint density at radius 1 is 1.39 bits per heavy atom. The van der Waals surface area contributed by atoms with Gasteiger partial charge in [0.25, 0.3) is 5.72 Å². The van der Waals surface area contributed by atoms with Crippen molar-refractivity contribution >= 4 is 29.6 Å². The van der Waals surface area contributed by atoms with Crippen LogP contribution in [-0.4, -0.2) is 63.6 Å². The van der Waals surface area contributed by atoms with Gasteiger partial charge in [-0.2, -0.15) is 0 Å². The molecule has 9 heteroatoms. The van der Waals surface area contributed by atoms with Crippen LogP contribution in [0.3, 0.4) is 0 Å². The summed E-state index contributed by atoms with van der Waals surface area (Å²) in [6, 6.07) is 8.78. The molecule has 1 aromatic carbocycles. The molecule has 3 fully saturated rings. The number of ether oxygens (including phenoxy) is 2. The number of rotatable bonds is 7. The molecular weight excluding hydrogens is 420 g/mol. The predicted molar refractivity (Wildman–Crippen MR) is 113 cm³/mol. The molecule has 0 saturated carbocycles. The largest absolute Gasteiger partial charge is 0.457 e. The van der Waals surface area contributed by atoms with Gasteiger partial charge in [-0.3, -0.25) is 19.8 Å². The molecule has 5 atom stereocenters. The maximum Gasteiger partial charge on any atom is 0.373 e. The number of allylic oxidation sites excluding steroid dienone is 1. The average Bonchev–Trinajstić information content (AvgIpc) is 3.07. The van der Waals surface area contributed by atoms with Crippen molar-refractivity contribution in [1.82, 2.24) is 10.2 Å². The Balaban J connectivity index is 1.48. The monoisotopic (exact) mass is 446 g/mol. The van der Waals surface area contributed by atoms with Gasteiger partial charge in [-0.1, -0.05) is 35.9 Å². The number of esters is 2. The van der Waals surface area contributed by atoms with Crippen molar-refractivity contribution < 1.29 is 29.0 Å². The lowest BCUT2D eigenvalue weighted by atomic mass is 9.89. The van der Waals surface area contributed by atoms with Crippen molar-refractivity contribution in [3.8, 4) is 0 Å². The van der Waals surface area contributed by atoms with Crippen LogP contribution in [0.2, 0.25) is 0 Å². The van der Waals surface area contributed by atoms with Crippen molar-refractivity contribution in [3.05, 3.63) is 47.5 Å². The van der Waals surface area contributed by atoms with E-state index in [-0.39, 0.29) is 18.9 Å². The number of carbonyl (C=O) groups excluding carboxylic acids is 3. The highest BCUT2D eigenvalue weighted by Gasteiger charge is 2.71. The zero-order valence-corrected chi connectivity index (χ0v) is 18.3. The average molecular weight is 447 g/mol. The van der Waals surface area contributed by atoms with Crippen molar-refractivity contribution in [2.75, 3.05) is 12.4 Å². The second-order valence-corrected chi connectivity index (χ2v) is 9.38. The molecule has 1 aromatic rings. The van der Waals surface area contributed by atoms with Crippen LogP contribution in [0.15, 0.2) is 42.0 Å².